The Kier molecular flexibility index (Phi) is 7.27. The van der Waals surface area contributed by atoms with Crippen molar-refractivity contribution in [3.63, 3.8) is 0 Å². The molecular formula is C31H36N4O5. The maximum Gasteiger partial charge on any atom is 0.338 e. The summed E-state index contributed by atoms with van der Waals surface area (Å²) in [6, 6.07) is 15.2. The van der Waals surface area contributed by atoms with E-state index in [2.05, 4.69) is 36.3 Å². The van der Waals surface area contributed by atoms with Gasteiger partial charge < -0.3 is 24.3 Å². The molecule has 2 aromatic heterocycles. The number of aliphatic hydroxyl groups is 1. The summed E-state index contributed by atoms with van der Waals surface area (Å²) in [5.41, 5.74) is 2.84. The van der Waals surface area contributed by atoms with Crippen molar-refractivity contribution < 1.29 is 23.8 Å². The molecule has 0 unspecified atom stereocenters. The first kappa shape index (κ1) is 27.6. The number of esters is 1. The standard InChI is InChI=1S/C31H36N4O5/c1-18-12-25(33-26-23(18)15-21(38-17-31(5,6)37)16-24(26)30(2,3)4)27-34-35-29(40-27)32-20-13-22(14-20)39-28(36)19-10-8-7-9-11-19/h7-12,15-16,20,22,37H,13-14,17H2,1-6H3,(H,32,35)/t20-,22+. The van der Waals surface area contributed by atoms with Crippen LogP contribution in [-0.2, 0) is 10.2 Å². The van der Waals surface area contributed by atoms with Crippen LogP contribution in [0.15, 0.2) is 52.9 Å². The van der Waals surface area contributed by atoms with E-state index in [4.69, 9.17) is 18.9 Å². The summed E-state index contributed by atoms with van der Waals surface area (Å²) in [6.07, 6.45) is 1.18. The van der Waals surface area contributed by atoms with Crippen molar-refractivity contribution in [3.8, 4) is 17.3 Å². The molecule has 5 rings (SSSR count). The van der Waals surface area contributed by atoms with Crippen molar-refractivity contribution in [3.05, 3.63) is 65.2 Å². The summed E-state index contributed by atoms with van der Waals surface area (Å²) in [6.45, 7) is 12.0. The van der Waals surface area contributed by atoms with E-state index >= 15 is 0 Å². The number of rotatable bonds is 8. The first-order valence-corrected chi connectivity index (χ1v) is 13.5. The lowest BCUT2D eigenvalue weighted by molar-refractivity contribution is 0.00527. The minimum Gasteiger partial charge on any atom is -0.491 e. The van der Waals surface area contributed by atoms with Gasteiger partial charge in [-0.2, -0.15) is 0 Å². The number of hydrogen-bond acceptors (Lipinski definition) is 9. The summed E-state index contributed by atoms with van der Waals surface area (Å²) in [4.78, 5) is 17.2. The third-order valence-corrected chi connectivity index (χ3v) is 6.84. The Hall–Kier alpha value is -3.98. The maximum absolute atomic E-state index is 12.3. The lowest BCUT2D eigenvalue weighted by atomic mass is 9.84. The molecule has 0 amide bonds. The molecule has 9 heteroatoms. The largest absolute Gasteiger partial charge is 0.491 e. The fraction of sp³-hybridized carbons (Fsp3) is 0.419. The zero-order valence-electron chi connectivity index (χ0n) is 23.8. The third-order valence-electron chi connectivity index (χ3n) is 6.84. The second kappa shape index (κ2) is 10.5. The molecule has 0 spiro atoms. The number of nitrogens with one attached hydrogen (secondary N) is 1. The number of benzene rings is 2. The van der Waals surface area contributed by atoms with E-state index < -0.39 is 5.60 Å². The Balaban J connectivity index is 1.30. The van der Waals surface area contributed by atoms with Gasteiger partial charge in [-0.1, -0.05) is 44.1 Å². The predicted molar refractivity (Wildman–Crippen MR) is 153 cm³/mol. The molecule has 4 aromatic rings. The van der Waals surface area contributed by atoms with E-state index in [0.29, 0.717) is 41.8 Å². The highest BCUT2D eigenvalue weighted by Crippen LogP contribution is 2.36. The van der Waals surface area contributed by atoms with E-state index in [9.17, 15) is 9.90 Å². The second-order valence-corrected chi connectivity index (χ2v) is 12.2. The SMILES string of the molecule is Cc1cc(-c2nnc(N[C@H]3C[C@@H](OC(=O)c4ccccc4)C3)o2)nc2c(C(C)(C)C)cc(OCC(C)(C)O)cc12. The summed E-state index contributed by atoms with van der Waals surface area (Å²) in [5, 5.41) is 22.7. The van der Waals surface area contributed by atoms with Crippen molar-refractivity contribution >= 4 is 22.9 Å². The number of aromatic nitrogens is 3. The molecule has 40 heavy (non-hydrogen) atoms. The fourth-order valence-electron chi connectivity index (χ4n) is 4.62. The number of hydrogen-bond donors (Lipinski definition) is 2. The highest BCUT2D eigenvalue weighted by molar-refractivity contribution is 5.90. The van der Waals surface area contributed by atoms with E-state index in [1.807, 2.05) is 43.3 Å². The number of nitrogens with zero attached hydrogens (tertiary/aromatic N) is 3. The van der Waals surface area contributed by atoms with Gasteiger partial charge in [0.1, 0.15) is 24.2 Å². The van der Waals surface area contributed by atoms with Crippen LogP contribution in [0.1, 0.15) is 68.9 Å². The molecule has 9 nitrogen and oxygen atoms in total. The normalized spacial score (nSPS) is 17.4. The highest BCUT2D eigenvalue weighted by Gasteiger charge is 2.33. The molecule has 0 bridgehead atoms. The fourth-order valence-corrected chi connectivity index (χ4v) is 4.62. The first-order chi connectivity index (χ1) is 18.9. The lowest BCUT2D eigenvalue weighted by Crippen LogP contribution is -2.42. The smallest absolute Gasteiger partial charge is 0.338 e. The van der Waals surface area contributed by atoms with E-state index in [-0.39, 0.29) is 30.1 Å². The number of aryl methyl sites for hydroxylation is 1. The Bertz CT molecular complexity index is 1510. The first-order valence-electron chi connectivity index (χ1n) is 13.5. The van der Waals surface area contributed by atoms with Crippen molar-refractivity contribution in [1.29, 1.82) is 0 Å². The topological polar surface area (TPSA) is 120 Å². The molecule has 2 N–H and O–H groups in total. The molecule has 2 heterocycles. The molecule has 1 aliphatic carbocycles. The highest BCUT2D eigenvalue weighted by atomic mass is 16.5. The van der Waals surface area contributed by atoms with Crippen LogP contribution in [0, 0.1) is 6.92 Å². The molecule has 1 aliphatic rings. The molecule has 1 saturated carbocycles. The minimum atomic E-state index is -0.940. The molecule has 0 radical (unpaired) electrons. The Morgan fingerprint density at radius 1 is 1.07 bits per heavy atom. The zero-order chi connectivity index (χ0) is 28.7. The van der Waals surface area contributed by atoms with Crippen LogP contribution in [0.4, 0.5) is 6.01 Å². The van der Waals surface area contributed by atoms with Gasteiger partial charge in [-0.05, 0) is 67.6 Å². The third kappa shape index (κ3) is 6.25. The van der Waals surface area contributed by atoms with Crippen LogP contribution in [0.25, 0.3) is 22.5 Å². The van der Waals surface area contributed by atoms with E-state index in [0.717, 1.165) is 22.0 Å². The summed E-state index contributed by atoms with van der Waals surface area (Å²) < 4.78 is 17.4. The van der Waals surface area contributed by atoms with Crippen LogP contribution >= 0.6 is 0 Å². The molecule has 1 fully saturated rings. The number of pyridine rings is 1. The van der Waals surface area contributed by atoms with Gasteiger partial charge in [0.05, 0.1) is 16.7 Å². The molecule has 0 atom stereocenters. The molecule has 2 aromatic carbocycles. The molecular weight excluding hydrogens is 508 g/mol. The lowest BCUT2D eigenvalue weighted by Gasteiger charge is -2.34. The zero-order valence-corrected chi connectivity index (χ0v) is 23.8. The molecule has 0 saturated heterocycles. The van der Waals surface area contributed by atoms with Crippen LogP contribution in [0.3, 0.4) is 0 Å². The van der Waals surface area contributed by atoms with Crippen molar-refractivity contribution in [2.24, 2.45) is 0 Å². The van der Waals surface area contributed by atoms with Gasteiger partial charge in [0.25, 0.3) is 5.89 Å². The average molecular weight is 545 g/mol. The summed E-state index contributed by atoms with van der Waals surface area (Å²) in [7, 11) is 0. The van der Waals surface area contributed by atoms with Crippen LogP contribution in [0.2, 0.25) is 0 Å². The Morgan fingerprint density at radius 3 is 2.48 bits per heavy atom. The van der Waals surface area contributed by atoms with Crippen LogP contribution < -0.4 is 10.1 Å². The van der Waals surface area contributed by atoms with Gasteiger partial charge >= 0.3 is 12.0 Å². The number of carbonyl (C=O) groups is 1. The quantitative estimate of drug-likeness (QED) is 0.264. The monoisotopic (exact) mass is 544 g/mol. The van der Waals surface area contributed by atoms with E-state index in [1.54, 1.807) is 26.0 Å². The van der Waals surface area contributed by atoms with Gasteiger partial charge in [0, 0.05) is 24.3 Å². The van der Waals surface area contributed by atoms with E-state index in [1.165, 1.54) is 0 Å². The Labute approximate surface area is 233 Å². The van der Waals surface area contributed by atoms with Crippen molar-refractivity contribution in [1.82, 2.24) is 15.2 Å². The minimum absolute atomic E-state index is 0.0722. The maximum atomic E-state index is 12.3. The van der Waals surface area contributed by atoms with Crippen LogP contribution in [0.5, 0.6) is 5.75 Å². The predicted octanol–water partition coefficient (Wildman–Crippen LogP) is 5.84. The molecule has 210 valence electrons. The van der Waals surface area contributed by atoms with Gasteiger partial charge in [-0.25, -0.2) is 9.78 Å². The van der Waals surface area contributed by atoms with Gasteiger partial charge in [-0.3, -0.25) is 0 Å². The second-order valence-electron chi connectivity index (χ2n) is 12.2. The van der Waals surface area contributed by atoms with Crippen molar-refractivity contribution in [2.45, 2.75) is 77.5 Å². The summed E-state index contributed by atoms with van der Waals surface area (Å²) in [5.74, 6) is 0.697. The number of carbonyl (C=O) groups excluding carboxylic acids is 1. The molecule has 0 aliphatic heterocycles. The average Bonchev–Trinajstić information content (AvgIpc) is 3.34. The number of fused-ring (bicyclic) bond motifs is 1. The van der Waals surface area contributed by atoms with Gasteiger partial charge in [-0.15, -0.1) is 5.10 Å². The number of ether oxygens (including phenoxy) is 2. The Morgan fingerprint density at radius 2 is 1.80 bits per heavy atom. The van der Waals surface area contributed by atoms with Gasteiger partial charge in [0.15, 0.2) is 0 Å². The summed E-state index contributed by atoms with van der Waals surface area (Å²) >= 11 is 0. The van der Waals surface area contributed by atoms with Crippen LogP contribution in [-0.4, -0.2) is 50.6 Å². The number of anilines is 1. The van der Waals surface area contributed by atoms with Gasteiger partial charge in [0.2, 0.25) is 0 Å². The van der Waals surface area contributed by atoms with Crippen molar-refractivity contribution in [2.75, 3.05) is 11.9 Å².